The highest BCUT2D eigenvalue weighted by Crippen LogP contribution is 2.37. The third kappa shape index (κ3) is 2.13. The van der Waals surface area contributed by atoms with Crippen LogP contribution in [0.15, 0.2) is 6.07 Å². The van der Waals surface area contributed by atoms with E-state index in [0.717, 1.165) is 5.56 Å². The molecule has 0 aromatic heterocycles. The van der Waals surface area contributed by atoms with Crippen molar-refractivity contribution in [2.75, 3.05) is 7.11 Å². The number of benzene rings is 1. The normalized spacial score (nSPS) is 12.3. The van der Waals surface area contributed by atoms with E-state index in [9.17, 15) is 9.90 Å². The van der Waals surface area contributed by atoms with E-state index in [0.29, 0.717) is 11.3 Å². The largest absolute Gasteiger partial charge is 0.496 e. The van der Waals surface area contributed by atoms with Crippen LogP contribution >= 0.6 is 11.6 Å². The molecule has 0 bridgehead atoms. The first-order valence-corrected chi connectivity index (χ1v) is 5.02. The molecule has 1 aromatic rings. The Morgan fingerprint density at radius 1 is 1.44 bits per heavy atom. The molecule has 0 aliphatic carbocycles. The lowest BCUT2D eigenvalue weighted by Gasteiger charge is -2.17. The predicted octanol–water partition coefficient (Wildman–Crippen LogP) is 2.08. The highest BCUT2D eigenvalue weighted by Gasteiger charge is 2.25. The summed E-state index contributed by atoms with van der Waals surface area (Å²) in [5.41, 5.74) is 1.55. The number of methoxy groups -OCH3 is 1. The van der Waals surface area contributed by atoms with Crippen LogP contribution in [-0.4, -0.2) is 23.3 Å². The van der Waals surface area contributed by atoms with Crippen LogP contribution in [-0.2, 0) is 4.79 Å². The van der Waals surface area contributed by atoms with Gasteiger partial charge in [-0.05, 0) is 25.0 Å². The zero-order chi connectivity index (χ0) is 12.5. The number of hydrogen-bond acceptors (Lipinski definition) is 3. The van der Waals surface area contributed by atoms with Gasteiger partial charge in [0.25, 0.3) is 0 Å². The van der Waals surface area contributed by atoms with Crippen LogP contribution in [0.5, 0.6) is 5.75 Å². The fourth-order valence-corrected chi connectivity index (χ4v) is 1.86. The summed E-state index contributed by atoms with van der Waals surface area (Å²) in [6, 6.07) is 1.78. The van der Waals surface area contributed by atoms with Crippen molar-refractivity contribution in [3.63, 3.8) is 0 Å². The molecule has 0 amide bonds. The summed E-state index contributed by atoms with van der Waals surface area (Å²) >= 11 is 5.98. The summed E-state index contributed by atoms with van der Waals surface area (Å²) in [7, 11) is 1.41. The maximum Gasteiger partial charge on any atom is 0.337 e. The highest BCUT2D eigenvalue weighted by molar-refractivity contribution is 6.32. The summed E-state index contributed by atoms with van der Waals surface area (Å²) in [4.78, 5) is 10.8. The predicted molar refractivity (Wildman–Crippen MR) is 60.1 cm³/mol. The number of carbonyl (C=O) groups is 1. The molecule has 5 heteroatoms. The van der Waals surface area contributed by atoms with E-state index in [2.05, 4.69) is 0 Å². The van der Waals surface area contributed by atoms with Gasteiger partial charge in [-0.25, -0.2) is 4.79 Å². The number of aryl methyl sites for hydroxylation is 2. The Hall–Kier alpha value is -1.26. The number of ether oxygens (including phenoxy) is 1. The fraction of sp³-hybridized carbons (Fsp3) is 0.364. The molecule has 0 radical (unpaired) electrons. The first-order valence-electron chi connectivity index (χ1n) is 4.64. The zero-order valence-electron chi connectivity index (χ0n) is 9.24. The number of aliphatic carboxylic acids is 1. The molecule has 1 unspecified atom stereocenters. The van der Waals surface area contributed by atoms with Crippen LogP contribution in [0.1, 0.15) is 22.8 Å². The second-order valence-electron chi connectivity index (χ2n) is 3.51. The van der Waals surface area contributed by atoms with Crippen LogP contribution in [0.3, 0.4) is 0 Å². The molecular weight excluding hydrogens is 232 g/mol. The van der Waals surface area contributed by atoms with Crippen LogP contribution in [0.25, 0.3) is 0 Å². The minimum atomic E-state index is -1.68. The number of rotatable bonds is 3. The smallest absolute Gasteiger partial charge is 0.337 e. The topological polar surface area (TPSA) is 66.8 Å². The Bertz CT molecular complexity index is 428. The van der Waals surface area contributed by atoms with E-state index < -0.39 is 12.1 Å². The Morgan fingerprint density at radius 2 is 2.00 bits per heavy atom. The number of carboxylic acids is 1. The van der Waals surface area contributed by atoms with Gasteiger partial charge in [-0.3, -0.25) is 0 Å². The average Bonchev–Trinajstić information content (AvgIpc) is 2.21. The van der Waals surface area contributed by atoms with Gasteiger partial charge in [0.05, 0.1) is 17.7 Å². The van der Waals surface area contributed by atoms with Gasteiger partial charge in [-0.2, -0.15) is 0 Å². The molecule has 0 heterocycles. The van der Waals surface area contributed by atoms with Gasteiger partial charge in [-0.1, -0.05) is 17.7 Å². The lowest BCUT2D eigenvalue weighted by atomic mass is 10.0. The molecule has 16 heavy (non-hydrogen) atoms. The summed E-state index contributed by atoms with van der Waals surface area (Å²) in [5, 5.41) is 18.6. The minimum Gasteiger partial charge on any atom is -0.496 e. The lowest BCUT2D eigenvalue weighted by molar-refractivity contribution is -0.147. The molecule has 0 fully saturated rings. The molecule has 0 spiro atoms. The molecule has 1 aromatic carbocycles. The van der Waals surface area contributed by atoms with Gasteiger partial charge in [0.1, 0.15) is 5.75 Å². The highest BCUT2D eigenvalue weighted by atomic mass is 35.5. The summed E-state index contributed by atoms with van der Waals surface area (Å²) in [6.07, 6.45) is -1.68. The van der Waals surface area contributed by atoms with Crippen molar-refractivity contribution >= 4 is 17.6 Å². The van der Waals surface area contributed by atoms with Gasteiger partial charge in [0.15, 0.2) is 6.10 Å². The Kier molecular flexibility index (Phi) is 3.78. The average molecular weight is 245 g/mol. The first-order chi connectivity index (χ1) is 7.40. The molecular formula is C11H13ClO4. The molecule has 1 rings (SSSR count). The van der Waals surface area contributed by atoms with Gasteiger partial charge in [0, 0.05) is 0 Å². The number of aliphatic hydroxyl groups is 1. The first kappa shape index (κ1) is 12.8. The number of hydrogen-bond donors (Lipinski definition) is 2. The third-order valence-electron chi connectivity index (χ3n) is 2.33. The molecule has 0 aliphatic heterocycles. The second kappa shape index (κ2) is 4.72. The van der Waals surface area contributed by atoms with Crippen molar-refractivity contribution in [2.45, 2.75) is 20.0 Å². The van der Waals surface area contributed by atoms with Crippen molar-refractivity contribution in [3.05, 3.63) is 27.8 Å². The van der Waals surface area contributed by atoms with E-state index >= 15 is 0 Å². The van der Waals surface area contributed by atoms with Gasteiger partial charge < -0.3 is 14.9 Å². The third-order valence-corrected chi connectivity index (χ3v) is 2.83. The lowest BCUT2D eigenvalue weighted by Crippen LogP contribution is -2.13. The van der Waals surface area contributed by atoms with Crippen molar-refractivity contribution in [3.8, 4) is 5.75 Å². The molecule has 1 atom stereocenters. The number of halogens is 1. The number of carboxylic acid groups (broad SMARTS) is 1. The zero-order valence-corrected chi connectivity index (χ0v) is 10.00. The van der Waals surface area contributed by atoms with Crippen molar-refractivity contribution < 1.29 is 19.7 Å². The standard InChI is InChI=1S/C11H13ClO4/c1-5-4-6(2)10(16-3)7(8(5)12)9(13)11(14)15/h4,9,13H,1-3H3,(H,14,15). The molecule has 2 N–H and O–H groups in total. The molecule has 88 valence electrons. The van der Waals surface area contributed by atoms with Crippen LogP contribution in [0.4, 0.5) is 0 Å². The van der Waals surface area contributed by atoms with Crippen molar-refractivity contribution in [1.82, 2.24) is 0 Å². The van der Waals surface area contributed by atoms with E-state index in [4.69, 9.17) is 21.4 Å². The molecule has 0 saturated carbocycles. The van der Waals surface area contributed by atoms with Crippen molar-refractivity contribution in [2.24, 2.45) is 0 Å². The molecule has 0 saturated heterocycles. The maximum atomic E-state index is 10.8. The van der Waals surface area contributed by atoms with Gasteiger partial charge in [-0.15, -0.1) is 0 Å². The van der Waals surface area contributed by atoms with E-state index in [1.54, 1.807) is 19.9 Å². The minimum absolute atomic E-state index is 0.106. The Labute approximate surface area is 98.4 Å². The quantitative estimate of drug-likeness (QED) is 0.854. The SMILES string of the molecule is COc1c(C)cc(C)c(Cl)c1C(O)C(=O)O. The van der Waals surface area contributed by atoms with E-state index in [1.807, 2.05) is 0 Å². The van der Waals surface area contributed by atoms with Gasteiger partial charge in [0.2, 0.25) is 0 Å². The summed E-state index contributed by atoms with van der Waals surface area (Å²) < 4.78 is 5.08. The molecule has 0 aliphatic rings. The van der Waals surface area contributed by atoms with Crippen LogP contribution in [0, 0.1) is 13.8 Å². The van der Waals surface area contributed by atoms with Gasteiger partial charge >= 0.3 is 5.97 Å². The summed E-state index contributed by atoms with van der Waals surface area (Å²) in [5.74, 6) is -1.05. The molecule has 4 nitrogen and oxygen atoms in total. The van der Waals surface area contributed by atoms with Crippen molar-refractivity contribution in [1.29, 1.82) is 0 Å². The van der Waals surface area contributed by atoms with Crippen LogP contribution < -0.4 is 4.74 Å². The fourth-order valence-electron chi connectivity index (χ4n) is 1.62. The Balaban J connectivity index is 3.50. The number of aliphatic hydroxyl groups excluding tert-OH is 1. The van der Waals surface area contributed by atoms with E-state index in [-0.39, 0.29) is 10.6 Å². The Morgan fingerprint density at radius 3 is 2.44 bits per heavy atom. The maximum absolute atomic E-state index is 10.8. The van der Waals surface area contributed by atoms with Crippen LogP contribution in [0.2, 0.25) is 5.02 Å². The monoisotopic (exact) mass is 244 g/mol. The van der Waals surface area contributed by atoms with E-state index in [1.165, 1.54) is 7.11 Å². The summed E-state index contributed by atoms with van der Waals surface area (Å²) in [6.45, 7) is 3.51. The second-order valence-corrected chi connectivity index (χ2v) is 3.89.